The largest absolute Gasteiger partial charge is 0.489 e. The number of likely N-dealkylation sites (tertiary alicyclic amines) is 1. The lowest BCUT2D eigenvalue weighted by Crippen LogP contribution is -2.44. The monoisotopic (exact) mass is 511 g/mol. The molecule has 1 aliphatic heterocycles. The van der Waals surface area contributed by atoms with E-state index in [1.54, 1.807) is 12.1 Å². The zero-order valence-corrected chi connectivity index (χ0v) is 20.7. The summed E-state index contributed by atoms with van der Waals surface area (Å²) in [5.41, 5.74) is 1.47. The zero-order chi connectivity index (χ0) is 23.8. The first-order valence-electron chi connectivity index (χ1n) is 10.7. The molecule has 0 aromatic heterocycles. The lowest BCUT2D eigenvalue weighted by molar-refractivity contribution is 0.209. The Morgan fingerprint density at radius 1 is 1.18 bits per heavy atom. The van der Waals surface area contributed by atoms with E-state index in [1.807, 2.05) is 24.3 Å². The van der Waals surface area contributed by atoms with Crippen LogP contribution in [0.15, 0.2) is 36.4 Å². The van der Waals surface area contributed by atoms with Crippen LogP contribution in [-0.4, -0.2) is 57.7 Å². The fourth-order valence-corrected chi connectivity index (χ4v) is 4.90. The highest BCUT2D eigenvalue weighted by atomic mass is 35.5. The maximum atomic E-state index is 11.4. The standard InChI is InChI=1S/C23H27Cl2N3O4S/c1-33(29,30)27-19-7-11-28(12-8-19)10-6-17-2-4-20(5-3-17)32-21-14-18(16-26)23(22(25)15-21)31-13-9-24/h2-5,14-15,19,27H,6-13H2,1H3. The molecule has 0 spiro atoms. The van der Waals surface area contributed by atoms with Crippen molar-refractivity contribution >= 4 is 33.2 Å². The van der Waals surface area contributed by atoms with E-state index in [0.29, 0.717) is 28.2 Å². The fraction of sp³-hybridized carbons (Fsp3) is 0.435. The SMILES string of the molecule is CS(=O)(=O)NC1CCN(CCc2ccc(Oc3cc(Cl)c(OCCCl)c(C#N)c3)cc2)CC1. The van der Waals surface area contributed by atoms with Gasteiger partial charge in [-0.05, 0) is 50.0 Å². The maximum Gasteiger partial charge on any atom is 0.208 e. The lowest BCUT2D eigenvalue weighted by Gasteiger charge is -2.31. The number of nitrogens with zero attached hydrogens (tertiary/aromatic N) is 2. The number of nitrogens with one attached hydrogen (secondary N) is 1. The van der Waals surface area contributed by atoms with Crippen LogP contribution >= 0.6 is 23.2 Å². The van der Waals surface area contributed by atoms with Gasteiger partial charge in [0.2, 0.25) is 10.0 Å². The van der Waals surface area contributed by atoms with Gasteiger partial charge in [0.15, 0.2) is 5.75 Å². The van der Waals surface area contributed by atoms with Gasteiger partial charge in [-0.15, -0.1) is 11.6 Å². The summed E-state index contributed by atoms with van der Waals surface area (Å²) < 4.78 is 36.8. The molecule has 0 bridgehead atoms. The number of ether oxygens (including phenoxy) is 2. The number of hydrogen-bond acceptors (Lipinski definition) is 6. The van der Waals surface area contributed by atoms with Crippen molar-refractivity contribution in [3.8, 4) is 23.3 Å². The second kappa shape index (κ2) is 11.9. The molecular formula is C23H27Cl2N3O4S. The van der Waals surface area contributed by atoms with Gasteiger partial charge in [-0.3, -0.25) is 0 Å². The summed E-state index contributed by atoms with van der Waals surface area (Å²) in [7, 11) is -3.15. The van der Waals surface area contributed by atoms with Gasteiger partial charge in [0.05, 0.1) is 22.7 Å². The molecule has 178 valence electrons. The Hall–Kier alpha value is -2.02. The molecule has 1 N–H and O–H groups in total. The number of alkyl halides is 1. The molecule has 0 atom stereocenters. The minimum Gasteiger partial charge on any atom is -0.489 e. The van der Waals surface area contributed by atoms with Crippen LogP contribution in [0, 0.1) is 11.3 Å². The predicted molar refractivity (Wildman–Crippen MR) is 130 cm³/mol. The van der Waals surface area contributed by atoms with Crippen molar-refractivity contribution in [3.63, 3.8) is 0 Å². The number of piperidine rings is 1. The Kier molecular flexibility index (Phi) is 9.24. The number of hydrogen-bond donors (Lipinski definition) is 1. The van der Waals surface area contributed by atoms with E-state index in [2.05, 4.69) is 15.7 Å². The average molecular weight is 512 g/mol. The van der Waals surface area contributed by atoms with Crippen molar-refractivity contribution in [1.82, 2.24) is 9.62 Å². The van der Waals surface area contributed by atoms with Gasteiger partial charge >= 0.3 is 0 Å². The topological polar surface area (TPSA) is 91.7 Å². The molecule has 1 fully saturated rings. The van der Waals surface area contributed by atoms with E-state index in [0.717, 1.165) is 38.9 Å². The van der Waals surface area contributed by atoms with Crippen molar-refractivity contribution in [1.29, 1.82) is 5.26 Å². The van der Waals surface area contributed by atoms with Crippen molar-refractivity contribution in [2.24, 2.45) is 0 Å². The van der Waals surface area contributed by atoms with Gasteiger partial charge in [0, 0.05) is 24.7 Å². The van der Waals surface area contributed by atoms with Gasteiger partial charge < -0.3 is 14.4 Å². The fourth-order valence-electron chi connectivity index (χ4n) is 3.72. The quantitative estimate of drug-likeness (QED) is 0.481. The number of rotatable bonds is 10. The lowest BCUT2D eigenvalue weighted by atomic mass is 10.1. The molecule has 0 radical (unpaired) electrons. The molecule has 7 nitrogen and oxygen atoms in total. The molecule has 2 aromatic carbocycles. The van der Waals surface area contributed by atoms with E-state index < -0.39 is 10.0 Å². The van der Waals surface area contributed by atoms with E-state index in [9.17, 15) is 13.7 Å². The van der Waals surface area contributed by atoms with Crippen molar-refractivity contribution < 1.29 is 17.9 Å². The van der Waals surface area contributed by atoms with Crippen molar-refractivity contribution in [3.05, 3.63) is 52.5 Å². The van der Waals surface area contributed by atoms with Crippen molar-refractivity contribution in [2.75, 3.05) is 38.4 Å². The first kappa shape index (κ1) is 25.6. The van der Waals surface area contributed by atoms with Crippen LogP contribution in [-0.2, 0) is 16.4 Å². The molecule has 1 heterocycles. The highest BCUT2D eigenvalue weighted by Gasteiger charge is 2.21. The molecule has 1 aliphatic rings. The molecular weight excluding hydrogens is 485 g/mol. The molecule has 0 saturated carbocycles. The molecule has 2 aromatic rings. The van der Waals surface area contributed by atoms with Crippen LogP contribution in [0.5, 0.6) is 17.2 Å². The Morgan fingerprint density at radius 2 is 1.88 bits per heavy atom. The third kappa shape index (κ3) is 8.05. The molecule has 1 saturated heterocycles. The normalized spacial score (nSPS) is 15.2. The van der Waals surface area contributed by atoms with E-state index >= 15 is 0 Å². The molecule has 0 amide bonds. The van der Waals surface area contributed by atoms with Gasteiger partial charge in [0.1, 0.15) is 24.2 Å². The smallest absolute Gasteiger partial charge is 0.208 e. The van der Waals surface area contributed by atoms with Crippen LogP contribution < -0.4 is 14.2 Å². The first-order chi connectivity index (χ1) is 15.8. The summed E-state index contributed by atoms with van der Waals surface area (Å²) in [6.45, 7) is 2.92. The van der Waals surface area contributed by atoms with Crippen LogP contribution in [0.4, 0.5) is 0 Å². The summed E-state index contributed by atoms with van der Waals surface area (Å²) >= 11 is 11.9. The Morgan fingerprint density at radius 3 is 2.48 bits per heavy atom. The molecule has 10 heteroatoms. The third-order valence-electron chi connectivity index (χ3n) is 5.31. The summed E-state index contributed by atoms with van der Waals surface area (Å²) in [5.74, 6) is 1.69. The van der Waals surface area contributed by atoms with Crippen LogP contribution in [0.25, 0.3) is 0 Å². The summed E-state index contributed by atoms with van der Waals surface area (Å²) in [6.07, 6.45) is 3.74. The third-order valence-corrected chi connectivity index (χ3v) is 6.50. The van der Waals surface area contributed by atoms with Gasteiger partial charge in [-0.2, -0.15) is 5.26 Å². The van der Waals surface area contributed by atoms with E-state index in [1.165, 1.54) is 11.8 Å². The van der Waals surface area contributed by atoms with Crippen LogP contribution in [0.3, 0.4) is 0 Å². The molecule has 0 aliphatic carbocycles. The Bertz CT molecular complexity index is 1080. The maximum absolute atomic E-state index is 11.4. The molecule has 3 rings (SSSR count). The highest BCUT2D eigenvalue weighted by Crippen LogP contribution is 2.35. The number of sulfonamides is 1. The highest BCUT2D eigenvalue weighted by molar-refractivity contribution is 7.88. The van der Waals surface area contributed by atoms with Crippen LogP contribution in [0.1, 0.15) is 24.0 Å². The minimum atomic E-state index is -3.15. The van der Waals surface area contributed by atoms with Gasteiger partial charge in [0.25, 0.3) is 0 Å². The average Bonchev–Trinajstić information content (AvgIpc) is 2.77. The zero-order valence-electron chi connectivity index (χ0n) is 18.4. The first-order valence-corrected chi connectivity index (χ1v) is 13.5. The van der Waals surface area contributed by atoms with E-state index in [4.69, 9.17) is 32.7 Å². The number of nitriles is 1. The van der Waals surface area contributed by atoms with Gasteiger partial charge in [-0.1, -0.05) is 23.7 Å². The number of halogens is 2. The summed E-state index contributed by atoms with van der Waals surface area (Å²) in [6, 6.07) is 13.1. The molecule has 33 heavy (non-hydrogen) atoms. The second-order valence-corrected chi connectivity index (χ2v) is 10.5. The van der Waals surface area contributed by atoms with Crippen LogP contribution in [0.2, 0.25) is 5.02 Å². The Balaban J connectivity index is 1.52. The van der Waals surface area contributed by atoms with Crippen molar-refractivity contribution in [2.45, 2.75) is 25.3 Å². The Labute approximate surface area is 205 Å². The molecule has 0 unspecified atom stereocenters. The predicted octanol–water partition coefficient (Wildman–Crippen LogP) is 4.18. The number of benzene rings is 2. The second-order valence-electron chi connectivity index (χ2n) is 7.93. The van der Waals surface area contributed by atoms with Gasteiger partial charge in [-0.25, -0.2) is 13.1 Å². The minimum absolute atomic E-state index is 0.0312. The summed E-state index contributed by atoms with van der Waals surface area (Å²) in [5, 5.41) is 9.68. The summed E-state index contributed by atoms with van der Waals surface area (Å²) in [4.78, 5) is 2.35. The van der Waals surface area contributed by atoms with E-state index in [-0.39, 0.29) is 18.2 Å².